The first kappa shape index (κ1) is 23.2. The Bertz CT molecular complexity index is 1570. The maximum absolute atomic E-state index is 12.7. The van der Waals surface area contributed by atoms with Gasteiger partial charge in [0.25, 0.3) is 5.91 Å². The molecule has 3 aromatic carbocycles. The Morgan fingerprint density at radius 1 is 1.03 bits per heavy atom. The van der Waals surface area contributed by atoms with Crippen molar-refractivity contribution in [3.8, 4) is 5.75 Å². The molecule has 1 atom stereocenters. The molecule has 0 aliphatic rings. The summed E-state index contributed by atoms with van der Waals surface area (Å²) in [6.07, 6.45) is 2.01. The quantitative estimate of drug-likeness (QED) is 0.315. The van der Waals surface area contributed by atoms with Gasteiger partial charge in [0.05, 0.1) is 0 Å². The minimum atomic E-state index is -0.431. The zero-order chi connectivity index (χ0) is 25.1. The van der Waals surface area contributed by atoms with E-state index in [1.54, 1.807) is 24.3 Å². The molecular weight excluding hydrogens is 454 g/mol. The molecule has 2 N–H and O–H groups in total. The summed E-state index contributed by atoms with van der Waals surface area (Å²) in [6.45, 7) is 0.265. The zero-order valence-electron chi connectivity index (χ0n) is 20.2. The van der Waals surface area contributed by atoms with Crippen LogP contribution in [0.15, 0.2) is 94.3 Å². The van der Waals surface area contributed by atoms with Gasteiger partial charge in [-0.2, -0.15) is 0 Å². The third kappa shape index (κ3) is 4.95. The summed E-state index contributed by atoms with van der Waals surface area (Å²) in [5, 5.41) is 4.94. The standard InChI is InChI=1S/C29H27N3O4/c1-32(2)21-11-7-19(8-12-21)24(25-17-30-26-6-4-3-5-23(25)26)16-31-28(33)18-35-22-13-9-20-10-14-29(34)36-27(20)15-22/h3-15,17,24,30H,16,18H2,1-2H3,(H,31,33). The number of hydrogen-bond acceptors (Lipinski definition) is 5. The van der Waals surface area contributed by atoms with E-state index in [2.05, 4.69) is 45.5 Å². The first-order chi connectivity index (χ1) is 17.5. The van der Waals surface area contributed by atoms with Gasteiger partial charge in [-0.15, -0.1) is 0 Å². The molecule has 182 valence electrons. The van der Waals surface area contributed by atoms with Crippen molar-refractivity contribution >= 4 is 33.5 Å². The molecule has 5 aromatic rings. The molecule has 1 amide bonds. The van der Waals surface area contributed by atoms with Gasteiger partial charge in [0.2, 0.25) is 0 Å². The largest absolute Gasteiger partial charge is 0.484 e. The van der Waals surface area contributed by atoms with Gasteiger partial charge in [0.1, 0.15) is 11.3 Å². The van der Waals surface area contributed by atoms with E-state index in [-0.39, 0.29) is 18.4 Å². The summed E-state index contributed by atoms with van der Waals surface area (Å²) in [7, 11) is 4.02. The fraction of sp³-hybridized carbons (Fsp3) is 0.172. The van der Waals surface area contributed by atoms with Crippen LogP contribution in [-0.4, -0.2) is 38.1 Å². The lowest BCUT2D eigenvalue weighted by molar-refractivity contribution is -0.123. The topological polar surface area (TPSA) is 87.6 Å². The van der Waals surface area contributed by atoms with Gasteiger partial charge < -0.3 is 24.4 Å². The van der Waals surface area contributed by atoms with Crippen molar-refractivity contribution in [1.82, 2.24) is 10.3 Å². The fourth-order valence-corrected chi connectivity index (χ4v) is 4.34. The lowest BCUT2D eigenvalue weighted by Crippen LogP contribution is -2.32. The van der Waals surface area contributed by atoms with Crippen molar-refractivity contribution in [3.63, 3.8) is 0 Å². The van der Waals surface area contributed by atoms with E-state index in [0.717, 1.165) is 33.1 Å². The second-order valence-electron chi connectivity index (χ2n) is 8.87. The van der Waals surface area contributed by atoms with Crippen LogP contribution in [0.25, 0.3) is 21.9 Å². The average Bonchev–Trinajstić information content (AvgIpc) is 3.31. The maximum Gasteiger partial charge on any atom is 0.336 e. The fourth-order valence-electron chi connectivity index (χ4n) is 4.34. The molecule has 7 heteroatoms. The van der Waals surface area contributed by atoms with Gasteiger partial charge in [-0.1, -0.05) is 30.3 Å². The van der Waals surface area contributed by atoms with E-state index >= 15 is 0 Å². The molecule has 36 heavy (non-hydrogen) atoms. The van der Waals surface area contributed by atoms with Crippen molar-refractivity contribution < 1.29 is 13.9 Å². The number of ether oxygens (including phenoxy) is 1. The molecular formula is C29H27N3O4. The van der Waals surface area contributed by atoms with Crippen LogP contribution in [0.5, 0.6) is 5.75 Å². The molecule has 2 aromatic heterocycles. The van der Waals surface area contributed by atoms with Crippen molar-refractivity contribution in [3.05, 3.63) is 107 Å². The van der Waals surface area contributed by atoms with Gasteiger partial charge >= 0.3 is 5.63 Å². The van der Waals surface area contributed by atoms with Crippen LogP contribution in [0.2, 0.25) is 0 Å². The minimum absolute atomic E-state index is 0.0451. The third-order valence-corrected chi connectivity index (χ3v) is 6.28. The predicted octanol–water partition coefficient (Wildman–Crippen LogP) is 4.67. The van der Waals surface area contributed by atoms with Gasteiger partial charge in [0, 0.05) is 66.9 Å². The number of H-pyrrole nitrogens is 1. The second kappa shape index (κ2) is 10.00. The highest BCUT2D eigenvalue weighted by Crippen LogP contribution is 2.31. The average molecular weight is 482 g/mol. The molecule has 0 saturated carbocycles. The van der Waals surface area contributed by atoms with Crippen molar-refractivity contribution in [2.75, 3.05) is 32.1 Å². The lowest BCUT2D eigenvalue weighted by Gasteiger charge is -2.20. The Morgan fingerprint density at radius 3 is 2.61 bits per heavy atom. The number of carbonyl (C=O) groups is 1. The predicted molar refractivity (Wildman–Crippen MR) is 142 cm³/mol. The minimum Gasteiger partial charge on any atom is -0.484 e. The number of anilines is 1. The molecule has 0 fully saturated rings. The zero-order valence-corrected chi connectivity index (χ0v) is 20.2. The number of para-hydroxylation sites is 1. The van der Waals surface area contributed by atoms with Gasteiger partial charge in [0.15, 0.2) is 6.61 Å². The molecule has 0 aliphatic carbocycles. The molecule has 0 saturated heterocycles. The van der Waals surface area contributed by atoms with E-state index in [1.165, 1.54) is 6.07 Å². The van der Waals surface area contributed by atoms with Crippen LogP contribution in [0.3, 0.4) is 0 Å². The number of fused-ring (bicyclic) bond motifs is 2. The number of aromatic nitrogens is 1. The summed E-state index contributed by atoms with van der Waals surface area (Å²) in [5.41, 5.74) is 4.38. The van der Waals surface area contributed by atoms with Crippen LogP contribution in [0, 0.1) is 0 Å². The van der Waals surface area contributed by atoms with Gasteiger partial charge in [-0.05, 0) is 47.5 Å². The third-order valence-electron chi connectivity index (χ3n) is 6.28. The first-order valence-corrected chi connectivity index (χ1v) is 11.7. The number of nitrogens with one attached hydrogen (secondary N) is 2. The van der Waals surface area contributed by atoms with Gasteiger partial charge in [-0.25, -0.2) is 4.79 Å². The number of hydrogen-bond donors (Lipinski definition) is 2. The highest BCUT2D eigenvalue weighted by atomic mass is 16.5. The van der Waals surface area contributed by atoms with Crippen LogP contribution in [0.4, 0.5) is 5.69 Å². The monoisotopic (exact) mass is 481 g/mol. The molecule has 7 nitrogen and oxygen atoms in total. The number of amides is 1. The number of rotatable bonds is 8. The Kier molecular flexibility index (Phi) is 6.45. The molecule has 1 unspecified atom stereocenters. The van der Waals surface area contributed by atoms with Crippen LogP contribution in [-0.2, 0) is 4.79 Å². The smallest absolute Gasteiger partial charge is 0.336 e. The Hall–Kier alpha value is -4.52. The highest BCUT2D eigenvalue weighted by Gasteiger charge is 2.19. The van der Waals surface area contributed by atoms with Crippen molar-refractivity contribution in [2.24, 2.45) is 0 Å². The number of nitrogens with zero attached hydrogens (tertiary/aromatic N) is 1. The van der Waals surface area contributed by atoms with E-state index in [9.17, 15) is 9.59 Å². The van der Waals surface area contributed by atoms with Crippen LogP contribution in [0.1, 0.15) is 17.0 Å². The molecule has 0 aliphatic heterocycles. The van der Waals surface area contributed by atoms with E-state index in [0.29, 0.717) is 17.9 Å². The summed E-state index contributed by atoms with van der Waals surface area (Å²) >= 11 is 0. The SMILES string of the molecule is CN(C)c1ccc(C(CNC(=O)COc2ccc3ccc(=O)oc3c2)c2c[nH]c3ccccc23)cc1. The van der Waals surface area contributed by atoms with E-state index < -0.39 is 5.63 Å². The van der Waals surface area contributed by atoms with Gasteiger partial charge in [-0.3, -0.25) is 4.79 Å². The summed E-state index contributed by atoms with van der Waals surface area (Å²) < 4.78 is 10.9. The summed E-state index contributed by atoms with van der Waals surface area (Å²) in [5.74, 6) is 0.176. The number of aromatic amines is 1. The summed E-state index contributed by atoms with van der Waals surface area (Å²) in [4.78, 5) is 29.6. The molecule has 5 rings (SSSR count). The van der Waals surface area contributed by atoms with Crippen LogP contribution >= 0.6 is 0 Å². The van der Waals surface area contributed by atoms with Crippen molar-refractivity contribution in [1.29, 1.82) is 0 Å². The number of carbonyl (C=O) groups excluding carboxylic acids is 1. The van der Waals surface area contributed by atoms with Crippen LogP contribution < -0.4 is 20.6 Å². The summed E-state index contributed by atoms with van der Waals surface area (Å²) in [6, 6.07) is 24.7. The highest BCUT2D eigenvalue weighted by molar-refractivity contribution is 5.84. The molecule has 2 heterocycles. The Balaban J connectivity index is 1.32. The molecule has 0 radical (unpaired) electrons. The molecule has 0 spiro atoms. The Morgan fingerprint density at radius 2 is 1.81 bits per heavy atom. The van der Waals surface area contributed by atoms with Crippen molar-refractivity contribution in [2.45, 2.75) is 5.92 Å². The second-order valence-corrected chi connectivity index (χ2v) is 8.87. The Labute approximate surface area is 208 Å². The molecule has 0 bridgehead atoms. The lowest BCUT2D eigenvalue weighted by atomic mass is 9.90. The number of benzene rings is 3. The normalized spacial score (nSPS) is 11.9. The van der Waals surface area contributed by atoms with E-state index in [4.69, 9.17) is 9.15 Å². The maximum atomic E-state index is 12.7. The van der Waals surface area contributed by atoms with E-state index in [1.807, 2.05) is 38.5 Å². The first-order valence-electron chi connectivity index (χ1n) is 11.7.